The highest BCUT2D eigenvalue weighted by Crippen LogP contribution is 2.22. The van der Waals surface area contributed by atoms with E-state index in [-0.39, 0.29) is 12.3 Å². The quantitative estimate of drug-likeness (QED) is 0.654. The molecule has 1 amide bonds. The van der Waals surface area contributed by atoms with Crippen LogP contribution in [0.3, 0.4) is 0 Å². The Balaban J connectivity index is 1.97. The molecule has 6 nitrogen and oxygen atoms in total. The van der Waals surface area contributed by atoms with E-state index in [1.54, 1.807) is 24.3 Å². The number of hydrogen-bond donors (Lipinski definition) is 2. The molecule has 0 radical (unpaired) electrons. The standard InChI is InChI=1S/C12H10ClN3O3S/c13-8-3-1-7(2-4-8)6-14-16-12-15-11(19)9(20-12)5-10(17)18/h1-4,6,9H,5H2,(H,17,18)(H,15,16,19)/b14-6+. The van der Waals surface area contributed by atoms with Crippen LogP contribution in [0, 0.1) is 0 Å². The molecule has 1 fully saturated rings. The van der Waals surface area contributed by atoms with E-state index in [1.807, 2.05) is 0 Å². The number of aliphatic carboxylic acids is 1. The van der Waals surface area contributed by atoms with Gasteiger partial charge in [-0.05, 0) is 17.7 Å². The number of carboxylic acids is 1. The van der Waals surface area contributed by atoms with Gasteiger partial charge in [0.25, 0.3) is 0 Å². The zero-order valence-electron chi connectivity index (χ0n) is 10.1. The van der Waals surface area contributed by atoms with Crippen molar-refractivity contribution in [1.82, 2.24) is 5.32 Å². The van der Waals surface area contributed by atoms with Gasteiger partial charge < -0.3 is 10.4 Å². The molecule has 0 aromatic heterocycles. The summed E-state index contributed by atoms with van der Waals surface area (Å²) < 4.78 is 0. The molecule has 1 saturated heterocycles. The van der Waals surface area contributed by atoms with Crippen molar-refractivity contribution in [3.63, 3.8) is 0 Å². The molecule has 0 bridgehead atoms. The van der Waals surface area contributed by atoms with Crippen molar-refractivity contribution in [2.45, 2.75) is 11.7 Å². The maximum Gasteiger partial charge on any atom is 0.305 e. The Morgan fingerprint density at radius 1 is 1.45 bits per heavy atom. The Kier molecular flexibility index (Phi) is 4.75. The third kappa shape index (κ3) is 4.07. The molecule has 8 heteroatoms. The Bertz CT molecular complexity index is 586. The molecule has 0 spiro atoms. The SMILES string of the molecule is O=C(O)CC1SC(=N/N=C/c2ccc(Cl)cc2)NC1=O. The first-order valence-electron chi connectivity index (χ1n) is 5.60. The highest BCUT2D eigenvalue weighted by atomic mass is 35.5. The van der Waals surface area contributed by atoms with Crippen LogP contribution in [0.4, 0.5) is 0 Å². The van der Waals surface area contributed by atoms with Gasteiger partial charge in [0.2, 0.25) is 5.91 Å². The predicted octanol–water partition coefficient (Wildman–Crippen LogP) is 1.74. The number of carbonyl (C=O) groups excluding carboxylic acids is 1. The summed E-state index contributed by atoms with van der Waals surface area (Å²) in [5.74, 6) is -1.39. The summed E-state index contributed by atoms with van der Waals surface area (Å²) in [5, 5.41) is 19.1. The second kappa shape index (κ2) is 6.53. The summed E-state index contributed by atoms with van der Waals surface area (Å²) in [6, 6.07) is 7.01. The smallest absolute Gasteiger partial charge is 0.305 e. The molecule has 0 saturated carbocycles. The van der Waals surface area contributed by atoms with Crippen LogP contribution in [-0.2, 0) is 9.59 Å². The molecule has 1 aromatic carbocycles. The van der Waals surface area contributed by atoms with Crippen LogP contribution < -0.4 is 5.32 Å². The van der Waals surface area contributed by atoms with Gasteiger partial charge in [-0.15, -0.1) is 5.10 Å². The van der Waals surface area contributed by atoms with Crippen LogP contribution in [0.25, 0.3) is 0 Å². The van der Waals surface area contributed by atoms with E-state index in [0.717, 1.165) is 17.3 Å². The summed E-state index contributed by atoms with van der Waals surface area (Å²) in [6.45, 7) is 0. The Labute approximate surface area is 123 Å². The largest absolute Gasteiger partial charge is 0.481 e. The molecular weight excluding hydrogens is 302 g/mol. The molecule has 2 N–H and O–H groups in total. The van der Waals surface area contributed by atoms with Gasteiger partial charge in [-0.25, -0.2) is 0 Å². The molecule has 1 aromatic rings. The lowest BCUT2D eigenvalue weighted by Gasteiger charge is -1.97. The number of nitrogens with zero attached hydrogens (tertiary/aromatic N) is 2. The van der Waals surface area contributed by atoms with Crippen LogP contribution in [0.1, 0.15) is 12.0 Å². The summed E-state index contributed by atoms with van der Waals surface area (Å²) in [7, 11) is 0. The number of carbonyl (C=O) groups is 2. The van der Waals surface area contributed by atoms with E-state index >= 15 is 0 Å². The minimum Gasteiger partial charge on any atom is -0.481 e. The third-order valence-electron chi connectivity index (χ3n) is 2.36. The fourth-order valence-electron chi connectivity index (χ4n) is 1.44. The molecule has 1 aliphatic heterocycles. The highest BCUT2D eigenvalue weighted by Gasteiger charge is 2.32. The summed E-state index contributed by atoms with van der Waals surface area (Å²) in [4.78, 5) is 22.0. The lowest BCUT2D eigenvalue weighted by atomic mass is 10.2. The molecule has 104 valence electrons. The second-order valence-corrected chi connectivity index (χ2v) is 5.52. The number of carboxylic acid groups (broad SMARTS) is 1. The van der Waals surface area contributed by atoms with Crippen molar-refractivity contribution >= 4 is 46.6 Å². The molecule has 1 heterocycles. The topological polar surface area (TPSA) is 91.1 Å². The summed E-state index contributed by atoms with van der Waals surface area (Å²) >= 11 is 6.81. The van der Waals surface area contributed by atoms with Crippen LogP contribution >= 0.6 is 23.4 Å². The maximum absolute atomic E-state index is 11.4. The minimum atomic E-state index is -1.02. The monoisotopic (exact) mass is 311 g/mol. The van der Waals surface area contributed by atoms with E-state index in [2.05, 4.69) is 15.5 Å². The van der Waals surface area contributed by atoms with Crippen LogP contribution in [0.5, 0.6) is 0 Å². The minimum absolute atomic E-state index is 0.240. The molecule has 0 aliphatic carbocycles. The van der Waals surface area contributed by atoms with Gasteiger partial charge in [0.05, 0.1) is 12.6 Å². The average Bonchev–Trinajstić information content (AvgIpc) is 2.72. The fraction of sp³-hybridized carbons (Fsp3) is 0.167. The van der Waals surface area contributed by atoms with Crippen molar-refractivity contribution in [3.05, 3.63) is 34.9 Å². The van der Waals surface area contributed by atoms with Gasteiger partial charge >= 0.3 is 5.97 Å². The summed E-state index contributed by atoms with van der Waals surface area (Å²) in [6.07, 6.45) is 1.27. The Morgan fingerprint density at radius 2 is 2.15 bits per heavy atom. The number of amidine groups is 1. The molecule has 1 atom stereocenters. The first-order chi connectivity index (χ1) is 9.54. The van der Waals surface area contributed by atoms with Gasteiger partial charge in [-0.1, -0.05) is 35.5 Å². The zero-order valence-corrected chi connectivity index (χ0v) is 11.7. The van der Waals surface area contributed by atoms with Gasteiger partial charge in [0.1, 0.15) is 5.25 Å². The Morgan fingerprint density at radius 3 is 2.80 bits per heavy atom. The lowest BCUT2D eigenvalue weighted by molar-refractivity contribution is -0.138. The normalized spacial score (nSPS) is 20.6. The molecule has 20 heavy (non-hydrogen) atoms. The number of rotatable bonds is 4. The van der Waals surface area contributed by atoms with Crippen LogP contribution in [-0.4, -0.2) is 33.6 Å². The fourth-order valence-corrected chi connectivity index (χ4v) is 2.48. The lowest BCUT2D eigenvalue weighted by Crippen LogP contribution is -2.26. The first-order valence-corrected chi connectivity index (χ1v) is 6.86. The van der Waals surface area contributed by atoms with E-state index in [0.29, 0.717) is 10.2 Å². The van der Waals surface area contributed by atoms with Crippen LogP contribution in [0.15, 0.2) is 34.5 Å². The maximum atomic E-state index is 11.4. The number of nitrogens with one attached hydrogen (secondary N) is 1. The number of thioether (sulfide) groups is 1. The van der Waals surface area contributed by atoms with E-state index in [9.17, 15) is 9.59 Å². The van der Waals surface area contributed by atoms with Crippen molar-refractivity contribution in [2.24, 2.45) is 10.2 Å². The molecule has 1 aliphatic rings. The van der Waals surface area contributed by atoms with Crippen molar-refractivity contribution < 1.29 is 14.7 Å². The number of benzene rings is 1. The first kappa shape index (κ1) is 14.5. The number of halogens is 1. The number of hydrogen-bond acceptors (Lipinski definition) is 5. The van der Waals surface area contributed by atoms with E-state index in [1.165, 1.54) is 6.21 Å². The van der Waals surface area contributed by atoms with Gasteiger partial charge in [-0.2, -0.15) is 5.10 Å². The van der Waals surface area contributed by atoms with Crippen LogP contribution in [0.2, 0.25) is 5.02 Å². The van der Waals surface area contributed by atoms with Crippen molar-refractivity contribution in [1.29, 1.82) is 0 Å². The van der Waals surface area contributed by atoms with E-state index in [4.69, 9.17) is 16.7 Å². The third-order valence-corrected chi connectivity index (χ3v) is 3.69. The number of amides is 1. The molecule has 2 rings (SSSR count). The van der Waals surface area contributed by atoms with Gasteiger partial charge in [0.15, 0.2) is 5.17 Å². The van der Waals surface area contributed by atoms with Gasteiger partial charge in [0, 0.05) is 5.02 Å². The molecular formula is C12H10ClN3O3S. The second-order valence-electron chi connectivity index (χ2n) is 3.89. The van der Waals surface area contributed by atoms with E-state index < -0.39 is 11.2 Å². The summed E-state index contributed by atoms with van der Waals surface area (Å²) in [5.41, 5.74) is 0.815. The van der Waals surface area contributed by atoms with Crippen molar-refractivity contribution in [3.8, 4) is 0 Å². The molecule has 1 unspecified atom stereocenters. The Hall–Kier alpha value is -1.86. The average molecular weight is 312 g/mol. The van der Waals surface area contributed by atoms with Crippen molar-refractivity contribution in [2.75, 3.05) is 0 Å². The highest BCUT2D eigenvalue weighted by molar-refractivity contribution is 8.15. The predicted molar refractivity (Wildman–Crippen MR) is 78.3 cm³/mol. The zero-order chi connectivity index (χ0) is 14.5. The van der Waals surface area contributed by atoms with Gasteiger partial charge in [-0.3, -0.25) is 9.59 Å².